The molecule has 0 aromatic carbocycles. The van der Waals surface area contributed by atoms with Gasteiger partial charge >= 0.3 is 0 Å². The van der Waals surface area contributed by atoms with Gasteiger partial charge in [-0.3, -0.25) is 0 Å². The Labute approximate surface area is 101 Å². The number of aromatic nitrogens is 2. The zero-order chi connectivity index (χ0) is 11.5. The Kier molecular flexibility index (Phi) is 3.61. The van der Waals surface area contributed by atoms with Crippen LogP contribution in [0.25, 0.3) is 0 Å². The standard InChI is InChI=1S/C11H16ClN3O/c1-8-6-10(14-11(12)13-8)15-4-3-5-16-9(2)7-15/h6,9H,3-5,7H2,1-2H3. The van der Waals surface area contributed by atoms with Crippen LogP contribution >= 0.6 is 11.6 Å². The van der Waals surface area contributed by atoms with Gasteiger partial charge in [0.1, 0.15) is 5.82 Å². The number of ether oxygens (including phenoxy) is 1. The molecule has 0 saturated carbocycles. The second-order valence-electron chi connectivity index (χ2n) is 4.12. The van der Waals surface area contributed by atoms with Crippen LogP contribution in [0.4, 0.5) is 5.82 Å². The van der Waals surface area contributed by atoms with Gasteiger partial charge in [-0.2, -0.15) is 0 Å². The van der Waals surface area contributed by atoms with E-state index in [1.165, 1.54) is 0 Å². The maximum Gasteiger partial charge on any atom is 0.224 e. The van der Waals surface area contributed by atoms with E-state index in [9.17, 15) is 0 Å². The summed E-state index contributed by atoms with van der Waals surface area (Å²) in [6.07, 6.45) is 1.25. The van der Waals surface area contributed by atoms with Crippen LogP contribution < -0.4 is 4.90 Å². The molecule has 2 heterocycles. The first-order valence-electron chi connectivity index (χ1n) is 5.53. The van der Waals surface area contributed by atoms with Crippen molar-refractivity contribution in [1.82, 2.24) is 9.97 Å². The molecule has 1 saturated heterocycles. The molecule has 1 aliphatic heterocycles. The summed E-state index contributed by atoms with van der Waals surface area (Å²) in [5, 5.41) is 0.313. The van der Waals surface area contributed by atoms with Gasteiger partial charge in [-0.1, -0.05) is 0 Å². The number of hydrogen-bond acceptors (Lipinski definition) is 4. The number of rotatable bonds is 1. The smallest absolute Gasteiger partial charge is 0.224 e. The molecule has 16 heavy (non-hydrogen) atoms. The van der Waals surface area contributed by atoms with Crippen molar-refractivity contribution in [2.45, 2.75) is 26.4 Å². The van der Waals surface area contributed by atoms with E-state index < -0.39 is 0 Å². The summed E-state index contributed by atoms with van der Waals surface area (Å²) < 4.78 is 5.60. The van der Waals surface area contributed by atoms with Gasteiger partial charge in [-0.05, 0) is 31.9 Å². The summed E-state index contributed by atoms with van der Waals surface area (Å²) >= 11 is 5.87. The molecule has 1 aromatic rings. The SMILES string of the molecule is Cc1cc(N2CCCOC(C)C2)nc(Cl)n1. The van der Waals surface area contributed by atoms with Crippen molar-refractivity contribution in [3.05, 3.63) is 17.0 Å². The van der Waals surface area contributed by atoms with Crippen molar-refractivity contribution in [1.29, 1.82) is 0 Å². The van der Waals surface area contributed by atoms with Crippen LogP contribution in [0.5, 0.6) is 0 Å². The minimum absolute atomic E-state index is 0.233. The molecule has 1 unspecified atom stereocenters. The minimum atomic E-state index is 0.233. The second kappa shape index (κ2) is 4.97. The summed E-state index contributed by atoms with van der Waals surface area (Å²) in [7, 11) is 0. The van der Waals surface area contributed by atoms with Crippen molar-refractivity contribution in [3.63, 3.8) is 0 Å². The van der Waals surface area contributed by atoms with E-state index >= 15 is 0 Å². The fourth-order valence-corrected chi connectivity index (χ4v) is 2.10. The Morgan fingerprint density at radius 2 is 2.31 bits per heavy atom. The molecule has 1 aliphatic rings. The molecule has 1 aromatic heterocycles. The first-order valence-corrected chi connectivity index (χ1v) is 5.90. The number of nitrogens with zero attached hydrogens (tertiary/aromatic N) is 3. The zero-order valence-corrected chi connectivity index (χ0v) is 10.4. The molecule has 1 atom stereocenters. The summed E-state index contributed by atoms with van der Waals surface area (Å²) in [4.78, 5) is 10.5. The molecule has 1 fully saturated rings. The Balaban J connectivity index is 2.21. The molecule has 2 rings (SSSR count). The van der Waals surface area contributed by atoms with E-state index in [-0.39, 0.29) is 6.10 Å². The van der Waals surface area contributed by atoms with E-state index in [2.05, 4.69) is 21.8 Å². The molecule has 0 bridgehead atoms. The van der Waals surface area contributed by atoms with E-state index in [0.29, 0.717) is 5.28 Å². The third kappa shape index (κ3) is 2.83. The average molecular weight is 242 g/mol. The van der Waals surface area contributed by atoms with Crippen LogP contribution in [-0.4, -0.2) is 35.8 Å². The van der Waals surface area contributed by atoms with Crippen molar-refractivity contribution < 1.29 is 4.74 Å². The zero-order valence-electron chi connectivity index (χ0n) is 9.61. The molecule has 88 valence electrons. The second-order valence-corrected chi connectivity index (χ2v) is 4.46. The number of aryl methyl sites for hydroxylation is 1. The van der Waals surface area contributed by atoms with E-state index in [0.717, 1.165) is 37.6 Å². The van der Waals surface area contributed by atoms with E-state index in [1.807, 2.05) is 13.0 Å². The summed E-state index contributed by atoms with van der Waals surface area (Å²) in [6.45, 7) is 6.63. The lowest BCUT2D eigenvalue weighted by atomic mass is 10.3. The summed E-state index contributed by atoms with van der Waals surface area (Å²) in [6, 6.07) is 1.96. The van der Waals surface area contributed by atoms with Gasteiger partial charge < -0.3 is 9.64 Å². The molecular formula is C11H16ClN3O. The maximum atomic E-state index is 5.87. The van der Waals surface area contributed by atoms with Crippen molar-refractivity contribution in [2.24, 2.45) is 0 Å². The van der Waals surface area contributed by atoms with Gasteiger partial charge in [0, 0.05) is 31.5 Å². The number of anilines is 1. The first kappa shape index (κ1) is 11.6. The fourth-order valence-electron chi connectivity index (χ4n) is 1.88. The lowest BCUT2D eigenvalue weighted by molar-refractivity contribution is 0.0820. The van der Waals surface area contributed by atoms with Gasteiger partial charge in [0.05, 0.1) is 6.10 Å². The molecule has 0 spiro atoms. The monoisotopic (exact) mass is 241 g/mol. The van der Waals surface area contributed by atoms with Crippen molar-refractivity contribution in [3.8, 4) is 0 Å². The highest BCUT2D eigenvalue weighted by atomic mass is 35.5. The first-order chi connectivity index (χ1) is 7.65. The van der Waals surface area contributed by atoms with Crippen LogP contribution in [0.2, 0.25) is 5.28 Å². The van der Waals surface area contributed by atoms with Crippen LogP contribution in [-0.2, 0) is 4.74 Å². The summed E-state index contributed by atoms with van der Waals surface area (Å²) in [5.41, 5.74) is 0.896. The molecule has 0 N–H and O–H groups in total. The molecule has 5 heteroatoms. The van der Waals surface area contributed by atoms with Crippen LogP contribution in [0.1, 0.15) is 19.0 Å². The van der Waals surface area contributed by atoms with Crippen LogP contribution in [0.3, 0.4) is 0 Å². The molecule has 0 amide bonds. The highest BCUT2D eigenvalue weighted by Crippen LogP contribution is 2.17. The molecule has 4 nitrogen and oxygen atoms in total. The van der Waals surface area contributed by atoms with Crippen molar-refractivity contribution >= 4 is 17.4 Å². The third-order valence-corrected chi connectivity index (χ3v) is 2.76. The van der Waals surface area contributed by atoms with Gasteiger partial charge in [0.25, 0.3) is 0 Å². The fraction of sp³-hybridized carbons (Fsp3) is 0.636. The lowest BCUT2D eigenvalue weighted by Gasteiger charge is -2.23. The van der Waals surface area contributed by atoms with Crippen LogP contribution in [0, 0.1) is 6.92 Å². The Bertz CT molecular complexity index is 352. The molecular weight excluding hydrogens is 226 g/mol. The quantitative estimate of drug-likeness (QED) is 0.706. The predicted octanol–water partition coefficient (Wildman–Crippen LogP) is 2.05. The topological polar surface area (TPSA) is 38.2 Å². The van der Waals surface area contributed by atoms with Gasteiger partial charge in [0.15, 0.2) is 0 Å². The number of halogens is 1. The predicted molar refractivity (Wildman–Crippen MR) is 64.0 cm³/mol. The molecule has 0 radical (unpaired) electrons. The van der Waals surface area contributed by atoms with Crippen LogP contribution in [0.15, 0.2) is 6.07 Å². The normalized spacial score (nSPS) is 21.9. The van der Waals surface area contributed by atoms with Gasteiger partial charge in [-0.15, -0.1) is 0 Å². The van der Waals surface area contributed by atoms with E-state index in [4.69, 9.17) is 16.3 Å². The maximum absolute atomic E-state index is 5.87. The van der Waals surface area contributed by atoms with E-state index in [1.54, 1.807) is 0 Å². The largest absolute Gasteiger partial charge is 0.377 e. The van der Waals surface area contributed by atoms with Crippen molar-refractivity contribution in [2.75, 3.05) is 24.6 Å². The molecule has 0 aliphatic carbocycles. The number of hydrogen-bond donors (Lipinski definition) is 0. The lowest BCUT2D eigenvalue weighted by Crippen LogP contribution is -2.31. The average Bonchev–Trinajstić information content (AvgIpc) is 2.41. The Hall–Kier alpha value is -0.870. The van der Waals surface area contributed by atoms with Gasteiger partial charge in [0.2, 0.25) is 5.28 Å². The highest BCUT2D eigenvalue weighted by Gasteiger charge is 2.17. The minimum Gasteiger partial charge on any atom is -0.377 e. The Morgan fingerprint density at radius 1 is 1.50 bits per heavy atom. The third-order valence-electron chi connectivity index (χ3n) is 2.59. The Morgan fingerprint density at radius 3 is 3.06 bits per heavy atom. The summed E-state index contributed by atoms with van der Waals surface area (Å²) in [5.74, 6) is 0.898. The highest BCUT2D eigenvalue weighted by molar-refractivity contribution is 6.28. The van der Waals surface area contributed by atoms with Gasteiger partial charge in [-0.25, -0.2) is 9.97 Å².